The molecule has 1 fully saturated rings. The van der Waals surface area contributed by atoms with E-state index in [1.807, 2.05) is 24.3 Å². The van der Waals surface area contributed by atoms with Crippen molar-refractivity contribution < 1.29 is 9.47 Å². The first kappa shape index (κ1) is 17.8. The molecular weight excluding hydrogens is 312 g/mol. The molecule has 0 atom stereocenters. The van der Waals surface area contributed by atoms with Crippen LogP contribution in [0.4, 0.5) is 0 Å². The summed E-state index contributed by atoms with van der Waals surface area (Å²) in [5, 5.41) is 0. The first-order chi connectivity index (χ1) is 12.2. The smallest absolute Gasteiger partial charge is 0.127 e. The zero-order valence-corrected chi connectivity index (χ0v) is 15.3. The number of ether oxygens (including phenoxy) is 2. The van der Waals surface area contributed by atoms with E-state index in [9.17, 15) is 0 Å². The Balaban J connectivity index is 1.43. The zero-order chi connectivity index (χ0) is 17.5. The molecule has 0 aromatic heterocycles. The van der Waals surface area contributed by atoms with E-state index >= 15 is 0 Å². The maximum absolute atomic E-state index is 5.87. The van der Waals surface area contributed by atoms with Crippen molar-refractivity contribution in [1.29, 1.82) is 0 Å². The molecule has 0 bridgehead atoms. The Labute approximate surface area is 151 Å². The summed E-state index contributed by atoms with van der Waals surface area (Å²) in [6.45, 7) is 5.98. The highest BCUT2D eigenvalue weighted by Gasteiger charge is 2.12. The number of hydrogen-bond donors (Lipinski definition) is 0. The average molecular weight is 340 g/mol. The molecule has 1 saturated heterocycles. The molecule has 0 saturated carbocycles. The van der Waals surface area contributed by atoms with Crippen LogP contribution in [0.3, 0.4) is 0 Å². The van der Waals surface area contributed by atoms with Crippen molar-refractivity contribution in [2.75, 3.05) is 46.9 Å². The molecule has 0 unspecified atom stereocenters. The van der Waals surface area contributed by atoms with Gasteiger partial charge in [0.25, 0.3) is 0 Å². The summed E-state index contributed by atoms with van der Waals surface area (Å²) in [7, 11) is 3.87. The lowest BCUT2D eigenvalue weighted by molar-refractivity contribution is 0.153. The van der Waals surface area contributed by atoms with E-state index in [-0.39, 0.29) is 0 Å². The summed E-state index contributed by atoms with van der Waals surface area (Å²) in [4.78, 5) is 4.97. The van der Waals surface area contributed by atoms with E-state index < -0.39 is 0 Å². The molecule has 0 amide bonds. The van der Waals surface area contributed by atoms with Crippen LogP contribution in [0.1, 0.15) is 12.0 Å². The molecular formula is C21H28N2O2. The van der Waals surface area contributed by atoms with Crippen molar-refractivity contribution in [3.8, 4) is 17.2 Å². The number of hydrogen-bond acceptors (Lipinski definition) is 4. The Kier molecular flexibility index (Phi) is 6.31. The van der Waals surface area contributed by atoms with Gasteiger partial charge in [-0.1, -0.05) is 12.1 Å². The molecule has 1 aliphatic rings. The van der Waals surface area contributed by atoms with Crippen LogP contribution in [0.5, 0.6) is 17.2 Å². The van der Waals surface area contributed by atoms with Gasteiger partial charge >= 0.3 is 0 Å². The molecule has 134 valence electrons. The molecule has 4 heteroatoms. The predicted molar refractivity (Wildman–Crippen MR) is 102 cm³/mol. The van der Waals surface area contributed by atoms with Crippen LogP contribution in [0.2, 0.25) is 0 Å². The van der Waals surface area contributed by atoms with Crippen molar-refractivity contribution in [2.45, 2.75) is 12.8 Å². The molecule has 4 nitrogen and oxygen atoms in total. The third-order valence-electron chi connectivity index (χ3n) is 4.75. The van der Waals surface area contributed by atoms with Crippen molar-refractivity contribution in [3.05, 3.63) is 54.1 Å². The molecule has 0 aliphatic carbocycles. The zero-order valence-electron chi connectivity index (χ0n) is 15.3. The quantitative estimate of drug-likeness (QED) is 0.768. The van der Waals surface area contributed by atoms with E-state index in [4.69, 9.17) is 9.47 Å². The van der Waals surface area contributed by atoms with E-state index in [1.165, 1.54) is 44.7 Å². The lowest BCUT2D eigenvalue weighted by atomic mass is 10.1. The fourth-order valence-electron chi connectivity index (χ4n) is 3.08. The van der Waals surface area contributed by atoms with E-state index in [1.54, 1.807) is 7.11 Å². The summed E-state index contributed by atoms with van der Waals surface area (Å²) in [5.74, 6) is 2.53. The fraction of sp³-hybridized carbons (Fsp3) is 0.429. The molecule has 2 aromatic carbocycles. The monoisotopic (exact) mass is 340 g/mol. The maximum Gasteiger partial charge on any atom is 0.127 e. The molecule has 3 rings (SSSR count). The van der Waals surface area contributed by atoms with Gasteiger partial charge in [0.15, 0.2) is 0 Å². The largest absolute Gasteiger partial charge is 0.497 e. The van der Waals surface area contributed by atoms with Crippen molar-refractivity contribution in [2.24, 2.45) is 0 Å². The Morgan fingerprint density at radius 3 is 1.96 bits per heavy atom. The van der Waals surface area contributed by atoms with Gasteiger partial charge in [0.2, 0.25) is 0 Å². The van der Waals surface area contributed by atoms with E-state index in [0.29, 0.717) is 0 Å². The second kappa shape index (κ2) is 8.88. The van der Waals surface area contributed by atoms with Gasteiger partial charge in [0, 0.05) is 26.2 Å². The van der Waals surface area contributed by atoms with Gasteiger partial charge in [-0.3, -0.25) is 0 Å². The summed E-state index contributed by atoms with van der Waals surface area (Å²) in [5.41, 5.74) is 1.37. The van der Waals surface area contributed by atoms with Gasteiger partial charge in [0.1, 0.15) is 17.2 Å². The van der Waals surface area contributed by atoms with Crippen LogP contribution < -0.4 is 9.47 Å². The number of benzene rings is 2. The number of likely N-dealkylation sites (N-methyl/N-ethyl adjacent to an activating group) is 1. The third-order valence-corrected chi connectivity index (χ3v) is 4.75. The highest BCUT2D eigenvalue weighted by molar-refractivity contribution is 5.36. The first-order valence-electron chi connectivity index (χ1n) is 9.05. The van der Waals surface area contributed by atoms with Crippen LogP contribution in [0.15, 0.2) is 48.5 Å². The van der Waals surface area contributed by atoms with E-state index in [0.717, 1.165) is 23.7 Å². The predicted octanol–water partition coefficient (Wildman–Crippen LogP) is 3.67. The Morgan fingerprint density at radius 1 is 0.800 bits per heavy atom. The minimum atomic E-state index is 0.823. The minimum absolute atomic E-state index is 0.823. The molecule has 0 N–H and O–H groups in total. The number of methoxy groups -OCH3 is 1. The Morgan fingerprint density at radius 2 is 1.36 bits per heavy atom. The fourth-order valence-corrected chi connectivity index (χ4v) is 3.08. The SMILES string of the molecule is COc1ccc(Oc2ccc(CCCN3CCN(C)CC3)cc2)cc1. The Bertz CT molecular complexity index is 632. The normalized spacial score (nSPS) is 15.9. The minimum Gasteiger partial charge on any atom is -0.497 e. The summed E-state index contributed by atoms with van der Waals surface area (Å²) in [6.07, 6.45) is 2.33. The third kappa shape index (κ3) is 5.48. The summed E-state index contributed by atoms with van der Waals surface area (Å²) >= 11 is 0. The van der Waals surface area contributed by atoms with E-state index in [2.05, 4.69) is 41.1 Å². The van der Waals surface area contributed by atoms with Crippen LogP contribution in [0.25, 0.3) is 0 Å². The van der Waals surface area contributed by atoms with Gasteiger partial charge < -0.3 is 19.3 Å². The molecule has 0 spiro atoms. The topological polar surface area (TPSA) is 24.9 Å². The summed E-state index contributed by atoms with van der Waals surface area (Å²) in [6, 6.07) is 16.1. The van der Waals surface area contributed by atoms with Gasteiger partial charge in [-0.05, 0) is 68.4 Å². The van der Waals surface area contributed by atoms with Crippen LogP contribution >= 0.6 is 0 Å². The lowest BCUT2D eigenvalue weighted by Gasteiger charge is -2.32. The first-order valence-corrected chi connectivity index (χ1v) is 9.05. The summed E-state index contributed by atoms with van der Waals surface area (Å²) < 4.78 is 11.0. The second-order valence-electron chi connectivity index (χ2n) is 6.67. The molecule has 1 heterocycles. The Hall–Kier alpha value is -2.04. The van der Waals surface area contributed by atoms with Gasteiger partial charge in [0.05, 0.1) is 7.11 Å². The molecule has 2 aromatic rings. The van der Waals surface area contributed by atoms with Crippen molar-refractivity contribution in [3.63, 3.8) is 0 Å². The standard InChI is InChI=1S/C21H28N2O2/c1-22-14-16-23(17-15-22)13-3-4-18-5-7-20(8-6-18)25-21-11-9-19(24-2)10-12-21/h5-12H,3-4,13-17H2,1-2H3. The average Bonchev–Trinajstić information content (AvgIpc) is 2.65. The number of aryl methyl sites for hydroxylation is 1. The van der Waals surface area contributed by atoms with Crippen LogP contribution in [0, 0.1) is 0 Å². The van der Waals surface area contributed by atoms with Crippen molar-refractivity contribution in [1.82, 2.24) is 9.80 Å². The lowest BCUT2D eigenvalue weighted by Crippen LogP contribution is -2.44. The van der Waals surface area contributed by atoms with Gasteiger partial charge in [-0.15, -0.1) is 0 Å². The highest BCUT2D eigenvalue weighted by atomic mass is 16.5. The second-order valence-corrected chi connectivity index (χ2v) is 6.67. The van der Waals surface area contributed by atoms with Gasteiger partial charge in [-0.25, -0.2) is 0 Å². The number of rotatable bonds is 7. The van der Waals surface area contributed by atoms with Crippen LogP contribution in [-0.4, -0.2) is 56.7 Å². The maximum atomic E-state index is 5.87. The number of nitrogens with zero attached hydrogens (tertiary/aromatic N) is 2. The molecule has 1 aliphatic heterocycles. The van der Waals surface area contributed by atoms with Gasteiger partial charge in [-0.2, -0.15) is 0 Å². The van der Waals surface area contributed by atoms with Crippen LogP contribution in [-0.2, 0) is 6.42 Å². The highest BCUT2D eigenvalue weighted by Crippen LogP contribution is 2.24. The molecule has 25 heavy (non-hydrogen) atoms. The number of piperazine rings is 1. The molecule has 0 radical (unpaired) electrons. The van der Waals surface area contributed by atoms with Crippen molar-refractivity contribution >= 4 is 0 Å².